The van der Waals surface area contributed by atoms with Gasteiger partial charge in [0.15, 0.2) is 0 Å². The molecule has 0 saturated heterocycles. The van der Waals surface area contributed by atoms with Crippen molar-refractivity contribution in [3.63, 3.8) is 0 Å². The standard InChI is InChI=1S/C12H13NO6/c1-7-2-3-8(19-7)4-5-10(14)13-9(12(17)18)6-11(15)16/h2-5,9H,6H2,1H3,(H,13,14)(H,15,16)(H,17,18)/b5-4+. The number of furan rings is 1. The summed E-state index contributed by atoms with van der Waals surface area (Å²) in [4.78, 5) is 32.6. The van der Waals surface area contributed by atoms with Crippen LogP contribution in [0, 0.1) is 6.92 Å². The van der Waals surface area contributed by atoms with E-state index in [4.69, 9.17) is 14.6 Å². The van der Waals surface area contributed by atoms with Crippen molar-refractivity contribution in [3.05, 3.63) is 29.7 Å². The molecule has 1 aromatic rings. The second kappa shape index (κ2) is 6.39. The highest BCUT2D eigenvalue weighted by atomic mass is 16.4. The average Bonchev–Trinajstić information content (AvgIpc) is 2.71. The Kier molecular flexibility index (Phi) is 4.87. The van der Waals surface area contributed by atoms with Crippen LogP contribution >= 0.6 is 0 Å². The molecule has 0 aliphatic heterocycles. The van der Waals surface area contributed by atoms with Crippen LogP contribution in [0.2, 0.25) is 0 Å². The van der Waals surface area contributed by atoms with Crippen molar-refractivity contribution in [2.24, 2.45) is 0 Å². The van der Waals surface area contributed by atoms with E-state index >= 15 is 0 Å². The lowest BCUT2D eigenvalue weighted by atomic mass is 10.2. The molecular formula is C12H13NO6. The molecule has 19 heavy (non-hydrogen) atoms. The lowest BCUT2D eigenvalue weighted by Crippen LogP contribution is -2.41. The van der Waals surface area contributed by atoms with Gasteiger partial charge in [-0.3, -0.25) is 9.59 Å². The summed E-state index contributed by atoms with van der Waals surface area (Å²) in [6.45, 7) is 1.74. The van der Waals surface area contributed by atoms with Crippen LogP contribution in [0.1, 0.15) is 17.9 Å². The minimum Gasteiger partial charge on any atom is -0.481 e. The van der Waals surface area contributed by atoms with Gasteiger partial charge in [0.1, 0.15) is 17.6 Å². The first-order chi connectivity index (χ1) is 8.88. The molecule has 0 aliphatic carbocycles. The summed E-state index contributed by atoms with van der Waals surface area (Å²) >= 11 is 0. The molecule has 0 aliphatic rings. The summed E-state index contributed by atoms with van der Waals surface area (Å²) in [5, 5.41) is 19.3. The third-order valence-corrected chi connectivity index (χ3v) is 2.15. The first-order valence-corrected chi connectivity index (χ1v) is 5.38. The van der Waals surface area contributed by atoms with Crippen molar-refractivity contribution in [2.45, 2.75) is 19.4 Å². The fraction of sp³-hybridized carbons (Fsp3) is 0.250. The number of carboxylic acids is 2. The minimum atomic E-state index is -1.46. The second-order valence-corrected chi connectivity index (χ2v) is 3.78. The fourth-order valence-electron chi connectivity index (χ4n) is 1.30. The van der Waals surface area contributed by atoms with E-state index in [1.165, 1.54) is 6.08 Å². The summed E-state index contributed by atoms with van der Waals surface area (Å²) in [5.74, 6) is -2.30. The maximum atomic E-state index is 11.4. The van der Waals surface area contributed by atoms with Gasteiger partial charge in [-0.05, 0) is 25.1 Å². The quantitative estimate of drug-likeness (QED) is 0.651. The number of rotatable bonds is 6. The Bertz CT molecular complexity index is 516. The van der Waals surface area contributed by atoms with Crippen LogP contribution in [-0.2, 0) is 14.4 Å². The number of hydrogen-bond acceptors (Lipinski definition) is 4. The largest absolute Gasteiger partial charge is 0.481 e. The second-order valence-electron chi connectivity index (χ2n) is 3.78. The summed E-state index contributed by atoms with van der Waals surface area (Å²) < 4.78 is 5.17. The molecule has 0 aromatic carbocycles. The number of hydrogen-bond donors (Lipinski definition) is 3. The molecule has 1 rings (SSSR count). The van der Waals surface area contributed by atoms with Crippen molar-refractivity contribution in [1.82, 2.24) is 5.32 Å². The highest BCUT2D eigenvalue weighted by molar-refractivity contribution is 5.95. The molecule has 7 nitrogen and oxygen atoms in total. The van der Waals surface area contributed by atoms with Crippen molar-refractivity contribution >= 4 is 23.9 Å². The van der Waals surface area contributed by atoms with Gasteiger partial charge in [0.25, 0.3) is 0 Å². The van der Waals surface area contributed by atoms with Gasteiger partial charge in [-0.2, -0.15) is 0 Å². The highest BCUT2D eigenvalue weighted by Gasteiger charge is 2.21. The van der Waals surface area contributed by atoms with Gasteiger partial charge in [0.2, 0.25) is 5.91 Å². The molecule has 1 atom stereocenters. The number of aliphatic carboxylic acids is 2. The molecular weight excluding hydrogens is 254 g/mol. The molecule has 1 amide bonds. The van der Waals surface area contributed by atoms with Crippen LogP contribution in [-0.4, -0.2) is 34.1 Å². The third kappa shape index (κ3) is 5.07. The van der Waals surface area contributed by atoms with E-state index in [1.54, 1.807) is 19.1 Å². The van der Waals surface area contributed by atoms with Crippen molar-refractivity contribution < 1.29 is 29.0 Å². The molecule has 0 fully saturated rings. The van der Waals surface area contributed by atoms with Crippen LogP contribution < -0.4 is 5.32 Å². The normalized spacial score (nSPS) is 12.3. The minimum absolute atomic E-state index is 0.442. The molecule has 0 spiro atoms. The Morgan fingerprint density at radius 2 is 2.05 bits per heavy atom. The maximum Gasteiger partial charge on any atom is 0.326 e. The first-order valence-electron chi connectivity index (χ1n) is 5.38. The molecule has 3 N–H and O–H groups in total. The van der Waals surface area contributed by atoms with Gasteiger partial charge in [-0.25, -0.2) is 4.79 Å². The van der Waals surface area contributed by atoms with E-state index in [0.29, 0.717) is 11.5 Å². The van der Waals surface area contributed by atoms with Gasteiger partial charge in [-0.15, -0.1) is 0 Å². The summed E-state index contributed by atoms with van der Waals surface area (Å²) in [6, 6.07) is 1.89. The Morgan fingerprint density at radius 3 is 2.53 bits per heavy atom. The van der Waals surface area contributed by atoms with Gasteiger partial charge < -0.3 is 19.9 Å². The molecule has 1 aromatic heterocycles. The van der Waals surface area contributed by atoms with Gasteiger partial charge in [0.05, 0.1) is 6.42 Å². The van der Waals surface area contributed by atoms with E-state index in [9.17, 15) is 14.4 Å². The third-order valence-electron chi connectivity index (χ3n) is 2.15. The van der Waals surface area contributed by atoms with Crippen LogP contribution in [0.3, 0.4) is 0 Å². The van der Waals surface area contributed by atoms with Gasteiger partial charge in [-0.1, -0.05) is 0 Å². The summed E-state index contributed by atoms with van der Waals surface area (Å²) in [7, 11) is 0. The zero-order valence-corrected chi connectivity index (χ0v) is 10.1. The topological polar surface area (TPSA) is 117 Å². The molecule has 102 valence electrons. The highest BCUT2D eigenvalue weighted by Crippen LogP contribution is 2.07. The number of amides is 1. The predicted octanol–water partition coefficient (Wildman–Crippen LogP) is 0.645. The zero-order valence-electron chi connectivity index (χ0n) is 10.1. The van der Waals surface area contributed by atoms with Crippen LogP contribution in [0.15, 0.2) is 22.6 Å². The van der Waals surface area contributed by atoms with Crippen LogP contribution in [0.25, 0.3) is 6.08 Å². The lowest BCUT2D eigenvalue weighted by Gasteiger charge is -2.10. The van der Waals surface area contributed by atoms with Gasteiger partial charge >= 0.3 is 11.9 Å². The molecule has 0 radical (unpaired) electrons. The molecule has 1 heterocycles. The molecule has 7 heteroatoms. The van der Waals surface area contributed by atoms with E-state index < -0.39 is 30.3 Å². The van der Waals surface area contributed by atoms with Crippen molar-refractivity contribution in [1.29, 1.82) is 0 Å². The number of carboxylic acid groups (broad SMARTS) is 2. The van der Waals surface area contributed by atoms with E-state index in [2.05, 4.69) is 5.32 Å². The molecule has 0 bridgehead atoms. The maximum absolute atomic E-state index is 11.4. The molecule has 0 saturated carbocycles. The monoisotopic (exact) mass is 267 g/mol. The lowest BCUT2D eigenvalue weighted by molar-refractivity contribution is -0.146. The van der Waals surface area contributed by atoms with Crippen molar-refractivity contribution in [2.75, 3.05) is 0 Å². The van der Waals surface area contributed by atoms with Crippen LogP contribution in [0.5, 0.6) is 0 Å². The SMILES string of the molecule is Cc1ccc(/C=C/C(=O)NC(CC(=O)O)C(=O)O)o1. The summed E-state index contributed by atoms with van der Waals surface area (Å²) in [5.41, 5.74) is 0. The zero-order chi connectivity index (χ0) is 14.4. The van der Waals surface area contributed by atoms with E-state index in [0.717, 1.165) is 6.08 Å². The smallest absolute Gasteiger partial charge is 0.326 e. The van der Waals surface area contributed by atoms with E-state index in [1.807, 2.05) is 0 Å². The first kappa shape index (κ1) is 14.5. The number of carbonyl (C=O) groups is 3. The Morgan fingerprint density at radius 1 is 1.37 bits per heavy atom. The Labute approximate surface area is 108 Å². The number of carbonyl (C=O) groups excluding carboxylic acids is 1. The molecule has 1 unspecified atom stereocenters. The fourth-order valence-corrected chi connectivity index (χ4v) is 1.30. The van der Waals surface area contributed by atoms with E-state index in [-0.39, 0.29) is 0 Å². The summed E-state index contributed by atoms with van der Waals surface area (Å²) in [6.07, 6.45) is 1.76. The van der Waals surface area contributed by atoms with Crippen molar-refractivity contribution in [3.8, 4) is 0 Å². The Balaban J connectivity index is 2.60. The van der Waals surface area contributed by atoms with Crippen LogP contribution in [0.4, 0.5) is 0 Å². The number of aryl methyl sites for hydroxylation is 1. The number of nitrogens with one attached hydrogen (secondary N) is 1. The average molecular weight is 267 g/mol. The predicted molar refractivity (Wildman–Crippen MR) is 64.3 cm³/mol. The Hall–Kier alpha value is -2.57. The van der Waals surface area contributed by atoms with Gasteiger partial charge in [0, 0.05) is 6.08 Å².